The Morgan fingerprint density at radius 3 is 2.21 bits per heavy atom. The van der Waals surface area contributed by atoms with Crippen LogP contribution in [0, 0.1) is 12.0 Å². The zero-order valence-electron chi connectivity index (χ0n) is 16.6. The fourth-order valence-corrected chi connectivity index (χ4v) is 3.36. The number of carbonyl (C=O) groups is 1. The van der Waals surface area contributed by atoms with Crippen LogP contribution < -0.4 is 0 Å². The van der Waals surface area contributed by atoms with Crippen molar-refractivity contribution >= 4 is 32.5 Å². The van der Waals surface area contributed by atoms with Crippen LogP contribution in [0.3, 0.4) is 0 Å². The molecule has 0 atom stereocenters. The van der Waals surface area contributed by atoms with E-state index in [1.807, 2.05) is 6.07 Å². The molecule has 149 valence electrons. The second-order valence-corrected chi connectivity index (χ2v) is 11.6. The Morgan fingerprint density at radius 1 is 1.07 bits per heavy atom. The van der Waals surface area contributed by atoms with Crippen molar-refractivity contribution in [3.8, 4) is 11.1 Å². The van der Waals surface area contributed by atoms with Gasteiger partial charge in [-0.1, -0.05) is 67.7 Å². The van der Waals surface area contributed by atoms with Crippen molar-refractivity contribution in [1.82, 2.24) is 0 Å². The summed E-state index contributed by atoms with van der Waals surface area (Å²) >= 11 is -0.826. The van der Waals surface area contributed by atoms with Crippen LogP contribution in [0.5, 0.6) is 0 Å². The molecule has 2 aromatic carbocycles. The standard InChI is InChI=1S/C13H9.C7H13NO.C2H7Si.2ClH.Zr/c1-3-7-12-10(5-1)9-11-6-2-4-8-13(11)12;8-7(9)6-4-2-1-3-5-6;1-3-2;;;/h1-5,7-8H,9H2;6H,1-5H2,(H2,8,9);3H,1-2H3;2*1H;/q-1;;;;;+4/p-3. The van der Waals surface area contributed by atoms with Gasteiger partial charge in [0.15, 0.2) is 0 Å². The number of rotatable bonds is 1. The van der Waals surface area contributed by atoms with Crippen LogP contribution in [-0.4, -0.2) is 15.4 Å². The predicted molar refractivity (Wildman–Crippen MR) is 120 cm³/mol. The Labute approximate surface area is 191 Å². The molecule has 28 heavy (non-hydrogen) atoms. The Kier molecular flexibility index (Phi) is 14.1. The summed E-state index contributed by atoms with van der Waals surface area (Å²) in [5.74, 6) is -0.270. The molecule has 0 unspecified atom stereocenters. The minimum Gasteiger partial charge on any atom is -0.668 e. The van der Waals surface area contributed by atoms with E-state index in [1.165, 1.54) is 28.7 Å². The SMILES string of the molecule is C[SiH]C.[Cl][Zr+2][Cl].[NH-]C(=O)C1CCCCC1.[c-]1cccc2c1Cc1ccccc1-2. The normalized spacial score (nSPS) is 13.7. The summed E-state index contributed by atoms with van der Waals surface area (Å²) in [7, 11) is 10.6. The summed E-state index contributed by atoms with van der Waals surface area (Å²) in [5.41, 5.74) is 12.3. The molecule has 1 N–H and O–H groups in total. The van der Waals surface area contributed by atoms with Crippen LogP contribution in [0.25, 0.3) is 16.9 Å². The molecule has 2 aromatic rings. The molecule has 2 aliphatic rings. The maximum Gasteiger partial charge on any atom is 0.0519 e. The maximum absolute atomic E-state index is 10.5. The first kappa shape index (κ1) is 25.6. The number of nitrogens with one attached hydrogen (secondary N) is 1. The van der Waals surface area contributed by atoms with Crippen LogP contribution in [-0.2, 0) is 32.1 Å². The largest absolute Gasteiger partial charge is 0.668 e. The maximum atomic E-state index is 10.5. The van der Waals surface area contributed by atoms with Crippen molar-refractivity contribution in [2.45, 2.75) is 51.6 Å². The van der Waals surface area contributed by atoms with Gasteiger partial charge in [-0.15, -0.1) is 5.56 Å². The van der Waals surface area contributed by atoms with E-state index in [0.717, 1.165) is 41.6 Å². The van der Waals surface area contributed by atoms with Gasteiger partial charge in [-0.3, -0.25) is 0 Å². The van der Waals surface area contributed by atoms with Gasteiger partial charge in [-0.25, -0.2) is 0 Å². The fraction of sp³-hybridized carbons (Fsp3) is 0.409. The molecule has 1 amide bonds. The Hall–Kier alpha value is -0.410. The van der Waals surface area contributed by atoms with Gasteiger partial charge in [0.1, 0.15) is 0 Å². The molecular formula is C22H28Cl2NOSiZr. The molecule has 4 rings (SSSR count). The van der Waals surface area contributed by atoms with Gasteiger partial charge < -0.3 is 10.5 Å². The molecule has 0 aromatic heterocycles. The van der Waals surface area contributed by atoms with Gasteiger partial charge in [0.25, 0.3) is 0 Å². The third kappa shape index (κ3) is 8.95. The molecular weight excluding hydrogens is 484 g/mol. The van der Waals surface area contributed by atoms with E-state index in [1.54, 1.807) is 0 Å². The zero-order chi connectivity index (χ0) is 20.8. The van der Waals surface area contributed by atoms with Crippen LogP contribution in [0.1, 0.15) is 43.2 Å². The van der Waals surface area contributed by atoms with Crippen molar-refractivity contribution in [3.05, 3.63) is 65.4 Å². The number of carbonyl (C=O) groups excluding carboxylic acids is 1. The minimum atomic E-state index is -0.826. The monoisotopic (exact) mass is 510 g/mol. The summed E-state index contributed by atoms with van der Waals surface area (Å²) < 4.78 is 0. The fourth-order valence-electron chi connectivity index (χ4n) is 3.36. The van der Waals surface area contributed by atoms with Crippen molar-refractivity contribution in [1.29, 1.82) is 0 Å². The number of hydrogen-bond donors (Lipinski definition) is 0. The van der Waals surface area contributed by atoms with Gasteiger partial charge in [0.05, 0.1) is 5.91 Å². The van der Waals surface area contributed by atoms with Crippen LogP contribution >= 0.6 is 17.0 Å². The molecule has 1 fully saturated rings. The number of hydrogen-bond acceptors (Lipinski definition) is 1. The quantitative estimate of drug-likeness (QED) is 0.253. The molecule has 0 spiro atoms. The summed E-state index contributed by atoms with van der Waals surface area (Å²) in [6.45, 7) is 4.42. The molecule has 1 saturated carbocycles. The summed E-state index contributed by atoms with van der Waals surface area (Å²) in [5, 5.41) is 0. The Bertz CT molecular complexity index is 663. The molecule has 6 heteroatoms. The van der Waals surface area contributed by atoms with E-state index in [0.29, 0.717) is 0 Å². The molecule has 0 saturated heterocycles. The first-order valence-electron chi connectivity index (χ1n) is 9.62. The van der Waals surface area contributed by atoms with Crippen LogP contribution in [0.15, 0.2) is 42.5 Å². The van der Waals surface area contributed by atoms with Crippen LogP contribution in [0.4, 0.5) is 0 Å². The second kappa shape index (κ2) is 15.4. The molecule has 1 radical (unpaired) electrons. The average Bonchev–Trinajstić information content (AvgIpc) is 3.09. The third-order valence-corrected chi connectivity index (χ3v) is 4.59. The van der Waals surface area contributed by atoms with Gasteiger partial charge >= 0.3 is 37.9 Å². The zero-order valence-corrected chi connectivity index (χ0v) is 21.7. The smallest absolute Gasteiger partial charge is 0.0519 e. The number of amides is 1. The molecule has 2 aliphatic carbocycles. The van der Waals surface area contributed by atoms with E-state index >= 15 is 0 Å². The number of fused-ring (bicyclic) bond motifs is 3. The van der Waals surface area contributed by atoms with E-state index < -0.39 is 20.8 Å². The third-order valence-electron chi connectivity index (χ3n) is 4.59. The van der Waals surface area contributed by atoms with Gasteiger partial charge in [-0.2, -0.15) is 29.8 Å². The van der Waals surface area contributed by atoms with Crippen molar-refractivity contribution in [2.24, 2.45) is 5.92 Å². The average molecular weight is 513 g/mol. The Balaban J connectivity index is 0.000000229. The van der Waals surface area contributed by atoms with Crippen molar-refractivity contribution in [2.75, 3.05) is 0 Å². The van der Waals surface area contributed by atoms with E-state index in [4.69, 9.17) is 22.8 Å². The number of benzene rings is 2. The molecule has 0 bridgehead atoms. The van der Waals surface area contributed by atoms with Gasteiger partial charge in [0.2, 0.25) is 0 Å². The topological polar surface area (TPSA) is 40.9 Å². The molecule has 2 nitrogen and oxygen atoms in total. The van der Waals surface area contributed by atoms with Crippen LogP contribution in [0.2, 0.25) is 13.1 Å². The van der Waals surface area contributed by atoms with E-state index in [2.05, 4.69) is 55.6 Å². The molecule has 0 heterocycles. The van der Waals surface area contributed by atoms with Crippen molar-refractivity contribution in [3.63, 3.8) is 0 Å². The predicted octanol–water partition coefficient (Wildman–Crippen LogP) is 7.10. The summed E-state index contributed by atoms with van der Waals surface area (Å²) in [4.78, 5) is 10.5. The molecule has 0 aliphatic heterocycles. The van der Waals surface area contributed by atoms with Gasteiger partial charge in [-0.05, 0) is 19.3 Å². The summed E-state index contributed by atoms with van der Waals surface area (Å²) in [6, 6.07) is 18.1. The first-order chi connectivity index (χ1) is 13.6. The summed E-state index contributed by atoms with van der Waals surface area (Å²) in [6.07, 6.45) is 6.52. The first-order valence-corrected chi connectivity index (χ1v) is 18.3. The van der Waals surface area contributed by atoms with Crippen molar-refractivity contribution < 1.29 is 25.6 Å². The second-order valence-electron chi connectivity index (χ2n) is 6.74. The van der Waals surface area contributed by atoms with E-state index in [-0.39, 0.29) is 11.8 Å². The minimum absolute atomic E-state index is 0.0822. The van der Waals surface area contributed by atoms with Gasteiger partial charge in [0, 0.05) is 15.4 Å². The number of halogens is 2. The Morgan fingerprint density at radius 2 is 1.64 bits per heavy atom. The van der Waals surface area contributed by atoms with E-state index in [9.17, 15) is 4.79 Å².